The number of aromatic nitrogens is 1. The maximum Gasteiger partial charge on any atom is 0.257 e. The van der Waals surface area contributed by atoms with Crippen molar-refractivity contribution in [2.24, 2.45) is 11.8 Å². The van der Waals surface area contributed by atoms with Gasteiger partial charge in [0.05, 0.1) is 5.56 Å². The minimum atomic E-state index is -0.0181. The van der Waals surface area contributed by atoms with Crippen molar-refractivity contribution in [1.29, 1.82) is 0 Å². The number of hydrogen-bond acceptors (Lipinski definition) is 4. The Kier molecular flexibility index (Phi) is 6.29. The summed E-state index contributed by atoms with van der Waals surface area (Å²) in [7, 11) is 0. The van der Waals surface area contributed by atoms with Crippen LogP contribution in [-0.4, -0.2) is 28.9 Å². The molecule has 0 aliphatic rings. The quantitative estimate of drug-likeness (QED) is 0.585. The molecule has 0 bridgehead atoms. The van der Waals surface area contributed by atoms with Crippen LogP contribution in [0.1, 0.15) is 44.0 Å². The van der Waals surface area contributed by atoms with Crippen molar-refractivity contribution in [3.63, 3.8) is 0 Å². The van der Waals surface area contributed by atoms with Gasteiger partial charge in [0.25, 0.3) is 5.91 Å². The molecule has 0 aromatic carbocycles. The zero-order valence-corrected chi connectivity index (χ0v) is 12.0. The van der Waals surface area contributed by atoms with Crippen molar-refractivity contribution in [2.75, 3.05) is 18.5 Å². The van der Waals surface area contributed by atoms with Gasteiger partial charge in [-0.2, -0.15) is 0 Å². The lowest BCUT2D eigenvalue weighted by Crippen LogP contribution is -2.35. The molecule has 0 aliphatic carbocycles. The third-order valence-electron chi connectivity index (χ3n) is 3.48. The lowest BCUT2D eigenvalue weighted by molar-refractivity contribution is 0.0735. The summed E-state index contributed by atoms with van der Waals surface area (Å²) < 4.78 is 0. The van der Waals surface area contributed by atoms with E-state index in [1.54, 1.807) is 18.3 Å². The Morgan fingerprint density at radius 2 is 2.11 bits per heavy atom. The molecular weight excluding hydrogens is 240 g/mol. The first-order valence-corrected chi connectivity index (χ1v) is 6.88. The Balaban J connectivity index is 2.89. The van der Waals surface area contributed by atoms with E-state index in [9.17, 15) is 4.79 Å². The maximum atomic E-state index is 12.5. The summed E-state index contributed by atoms with van der Waals surface area (Å²) in [5.41, 5.74) is 3.00. The van der Waals surface area contributed by atoms with Crippen LogP contribution in [0.2, 0.25) is 0 Å². The molecule has 0 radical (unpaired) electrons. The number of nitrogens with zero attached hydrogens (tertiary/aromatic N) is 2. The number of carbonyl (C=O) groups is 1. The van der Waals surface area contributed by atoms with Crippen LogP contribution >= 0.6 is 0 Å². The van der Waals surface area contributed by atoms with Crippen LogP contribution in [0.25, 0.3) is 0 Å². The third kappa shape index (κ3) is 3.92. The SMILES string of the molecule is CCC(CC)CN(CC)C(=O)c1cccnc1NN. The minimum absolute atomic E-state index is 0.0181. The van der Waals surface area contributed by atoms with Crippen molar-refractivity contribution in [3.8, 4) is 0 Å². The average Bonchev–Trinajstić information content (AvgIpc) is 2.48. The number of hydrogen-bond donors (Lipinski definition) is 2. The van der Waals surface area contributed by atoms with Crippen LogP contribution < -0.4 is 11.3 Å². The summed E-state index contributed by atoms with van der Waals surface area (Å²) in [5.74, 6) is 6.35. The Bertz CT molecular complexity index is 404. The minimum Gasteiger partial charge on any atom is -0.339 e. The van der Waals surface area contributed by atoms with Gasteiger partial charge in [0, 0.05) is 19.3 Å². The van der Waals surface area contributed by atoms with E-state index in [4.69, 9.17) is 5.84 Å². The van der Waals surface area contributed by atoms with E-state index < -0.39 is 0 Å². The lowest BCUT2D eigenvalue weighted by Gasteiger charge is -2.26. The predicted molar refractivity (Wildman–Crippen MR) is 77.7 cm³/mol. The Morgan fingerprint density at radius 1 is 1.42 bits per heavy atom. The van der Waals surface area contributed by atoms with Gasteiger partial charge in [0.2, 0.25) is 0 Å². The second kappa shape index (κ2) is 7.74. The molecule has 0 atom stereocenters. The van der Waals surface area contributed by atoms with Gasteiger partial charge >= 0.3 is 0 Å². The van der Waals surface area contributed by atoms with Gasteiger partial charge in [0.15, 0.2) is 5.82 Å². The fourth-order valence-corrected chi connectivity index (χ4v) is 2.08. The molecular formula is C14H24N4O. The molecule has 0 saturated heterocycles. The van der Waals surface area contributed by atoms with Crippen LogP contribution in [0.4, 0.5) is 5.82 Å². The van der Waals surface area contributed by atoms with Gasteiger partial charge in [-0.15, -0.1) is 0 Å². The second-order valence-electron chi connectivity index (χ2n) is 4.57. The summed E-state index contributed by atoms with van der Waals surface area (Å²) in [6.07, 6.45) is 3.77. The molecule has 1 rings (SSSR count). The van der Waals surface area contributed by atoms with Crippen molar-refractivity contribution < 1.29 is 4.79 Å². The zero-order chi connectivity index (χ0) is 14.3. The summed E-state index contributed by atoms with van der Waals surface area (Å²) in [4.78, 5) is 18.4. The van der Waals surface area contributed by atoms with Gasteiger partial charge in [-0.1, -0.05) is 26.7 Å². The molecule has 5 heteroatoms. The van der Waals surface area contributed by atoms with Crippen molar-refractivity contribution in [2.45, 2.75) is 33.6 Å². The fraction of sp³-hybridized carbons (Fsp3) is 0.571. The maximum absolute atomic E-state index is 12.5. The molecule has 0 spiro atoms. The molecule has 0 aliphatic heterocycles. The van der Waals surface area contributed by atoms with Crippen LogP contribution in [0, 0.1) is 5.92 Å². The van der Waals surface area contributed by atoms with E-state index in [-0.39, 0.29) is 5.91 Å². The smallest absolute Gasteiger partial charge is 0.257 e. The third-order valence-corrected chi connectivity index (χ3v) is 3.48. The number of carbonyl (C=O) groups excluding carboxylic acids is 1. The molecule has 1 aromatic heterocycles. The number of hydrazine groups is 1. The summed E-state index contributed by atoms with van der Waals surface area (Å²) in [6.45, 7) is 7.77. The summed E-state index contributed by atoms with van der Waals surface area (Å²) >= 11 is 0. The van der Waals surface area contributed by atoms with Gasteiger partial charge < -0.3 is 10.3 Å². The molecule has 19 heavy (non-hydrogen) atoms. The van der Waals surface area contributed by atoms with E-state index in [0.717, 1.165) is 19.4 Å². The van der Waals surface area contributed by atoms with Crippen LogP contribution in [0.3, 0.4) is 0 Å². The largest absolute Gasteiger partial charge is 0.339 e. The van der Waals surface area contributed by atoms with Crippen LogP contribution in [0.5, 0.6) is 0 Å². The molecule has 0 saturated carbocycles. The number of nitrogens with two attached hydrogens (primary N) is 1. The molecule has 1 amide bonds. The van der Waals surface area contributed by atoms with Crippen molar-refractivity contribution in [1.82, 2.24) is 9.88 Å². The molecule has 106 valence electrons. The number of rotatable bonds is 7. The predicted octanol–water partition coefficient (Wildman–Crippen LogP) is 2.27. The Labute approximate surface area is 115 Å². The van der Waals surface area contributed by atoms with E-state index in [1.807, 2.05) is 11.8 Å². The number of amides is 1. The normalized spacial score (nSPS) is 10.6. The van der Waals surface area contributed by atoms with E-state index in [1.165, 1.54) is 0 Å². The average molecular weight is 264 g/mol. The van der Waals surface area contributed by atoms with E-state index in [2.05, 4.69) is 24.3 Å². The van der Waals surface area contributed by atoms with Crippen molar-refractivity contribution >= 4 is 11.7 Å². The summed E-state index contributed by atoms with van der Waals surface area (Å²) in [5, 5.41) is 0. The number of anilines is 1. The highest BCUT2D eigenvalue weighted by molar-refractivity contribution is 5.98. The van der Waals surface area contributed by atoms with Gasteiger partial charge in [-0.05, 0) is 25.0 Å². The molecule has 0 unspecified atom stereocenters. The standard InChI is InChI=1S/C14H24N4O/c1-4-11(5-2)10-18(6-3)14(19)12-8-7-9-16-13(12)17-15/h7-9,11H,4-6,10,15H2,1-3H3,(H,16,17). The number of pyridine rings is 1. The van der Waals surface area contributed by atoms with E-state index >= 15 is 0 Å². The molecule has 3 N–H and O–H groups in total. The Morgan fingerprint density at radius 3 is 2.63 bits per heavy atom. The zero-order valence-electron chi connectivity index (χ0n) is 12.0. The molecule has 5 nitrogen and oxygen atoms in total. The fourth-order valence-electron chi connectivity index (χ4n) is 2.08. The molecule has 1 aromatic rings. The van der Waals surface area contributed by atoms with E-state index in [0.29, 0.717) is 23.8 Å². The first kappa shape index (κ1) is 15.4. The highest BCUT2D eigenvalue weighted by Crippen LogP contribution is 2.16. The monoisotopic (exact) mass is 264 g/mol. The van der Waals surface area contributed by atoms with Gasteiger partial charge in [-0.25, -0.2) is 10.8 Å². The van der Waals surface area contributed by atoms with Crippen molar-refractivity contribution in [3.05, 3.63) is 23.9 Å². The highest BCUT2D eigenvalue weighted by atomic mass is 16.2. The molecule has 0 fully saturated rings. The van der Waals surface area contributed by atoms with Gasteiger partial charge in [-0.3, -0.25) is 4.79 Å². The molecule has 1 heterocycles. The second-order valence-corrected chi connectivity index (χ2v) is 4.57. The first-order chi connectivity index (χ1) is 9.17. The first-order valence-electron chi connectivity index (χ1n) is 6.88. The van der Waals surface area contributed by atoms with Crippen LogP contribution in [-0.2, 0) is 0 Å². The van der Waals surface area contributed by atoms with Gasteiger partial charge in [0.1, 0.15) is 0 Å². The Hall–Kier alpha value is -1.62. The topological polar surface area (TPSA) is 71.2 Å². The lowest BCUT2D eigenvalue weighted by atomic mass is 10.0. The highest BCUT2D eigenvalue weighted by Gasteiger charge is 2.20. The summed E-state index contributed by atoms with van der Waals surface area (Å²) in [6, 6.07) is 3.50. The number of nitrogen functional groups attached to an aromatic ring is 1. The van der Waals surface area contributed by atoms with Crippen LogP contribution in [0.15, 0.2) is 18.3 Å². The number of nitrogens with one attached hydrogen (secondary N) is 1.